The largest absolute Gasteiger partial charge is 0.479 e. The third-order valence-electron chi connectivity index (χ3n) is 2.50. The van der Waals surface area contributed by atoms with Gasteiger partial charge in [0.05, 0.1) is 6.04 Å². The number of carboxylic acid groups (broad SMARTS) is 1. The summed E-state index contributed by atoms with van der Waals surface area (Å²) in [5.41, 5.74) is 10.3. The fourth-order valence-electron chi connectivity index (χ4n) is 1.61. The monoisotopic (exact) mass is 252 g/mol. The van der Waals surface area contributed by atoms with Gasteiger partial charge in [-0.1, -0.05) is 6.08 Å². The zero-order valence-corrected chi connectivity index (χ0v) is 9.26. The zero-order valence-electron chi connectivity index (χ0n) is 9.26. The van der Waals surface area contributed by atoms with Gasteiger partial charge in [0, 0.05) is 6.20 Å². The second-order valence-corrected chi connectivity index (χ2v) is 3.79. The van der Waals surface area contributed by atoms with Crippen LogP contribution in [-0.4, -0.2) is 32.8 Å². The Balaban J connectivity index is 2.32. The molecule has 18 heavy (non-hydrogen) atoms. The van der Waals surface area contributed by atoms with Crippen molar-refractivity contribution in [1.82, 2.24) is 9.55 Å². The van der Waals surface area contributed by atoms with Crippen molar-refractivity contribution in [3.63, 3.8) is 0 Å². The summed E-state index contributed by atoms with van der Waals surface area (Å²) >= 11 is 0. The Kier molecular flexibility index (Phi) is 3.13. The molecule has 0 saturated carbocycles. The van der Waals surface area contributed by atoms with E-state index in [4.69, 9.17) is 21.3 Å². The second-order valence-electron chi connectivity index (χ2n) is 3.79. The van der Waals surface area contributed by atoms with Crippen molar-refractivity contribution in [3.05, 3.63) is 34.9 Å². The lowest BCUT2D eigenvalue weighted by atomic mass is 10.1. The molecule has 0 saturated heterocycles. The molecular formula is C10H12N4O4. The van der Waals surface area contributed by atoms with Crippen molar-refractivity contribution in [3.8, 4) is 0 Å². The summed E-state index contributed by atoms with van der Waals surface area (Å²) < 4.78 is 6.37. The summed E-state index contributed by atoms with van der Waals surface area (Å²) in [6.45, 7) is 0. The molecule has 8 heteroatoms. The molecule has 8 nitrogen and oxygen atoms in total. The smallest absolute Gasteiger partial charge is 0.351 e. The summed E-state index contributed by atoms with van der Waals surface area (Å²) in [6.07, 6.45) is 2.31. The standard InChI is InChI=1S/C10H12N4O4/c11-5-1-2-7(18-8(5)9(15)16)14-4-3-6(12)13-10(14)17/h1-5,7-8H,11H2,(H,15,16)(H2,12,13,17). The topological polar surface area (TPSA) is 133 Å². The van der Waals surface area contributed by atoms with Gasteiger partial charge in [0.1, 0.15) is 5.82 Å². The van der Waals surface area contributed by atoms with Gasteiger partial charge in [0.15, 0.2) is 12.3 Å². The van der Waals surface area contributed by atoms with E-state index < -0.39 is 30.0 Å². The van der Waals surface area contributed by atoms with Gasteiger partial charge in [-0.15, -0.1) is 0 Å². The quantitative estimate of drug-likeness (QED) is 0.556. The van der Waals surface area contributed by atoms with Gasteiger partial charge < -0.3 is 21.3 Å². The van der Waals surface area contributed by atoms with E-state index in [1.54, 1.807) is 0 Å². The Morgan fingerprint density at radius 2 is 2.22 bits per heavy atom. The molecule has 1 aliphatic rings. The highest BCUT2D eigenvalue weighted by Gasteiger charge is 2.31. The van der Waals surface area contributed by atoms with Crippen LogP contribution in [0.15, 0.2) is 29.2 Å². The molecule has 1 aliphatic heterocycles. The van der Waals surface area contributed by atoms with E-state index in [2.05, 4.69) is 4.98 Å². The summed E-state index contributed by atoms with van der Waals surface area (Å²) in [6, 6.07) is 0.666. The molecule has 1 aromatic rings. The number of nitrogen functional groups attached to an aromatic ring is 1. The summed E-state index contributed by atoms with van der Waals surface area (Å²) in [5.74, 6) is -1.10. The third kappa shape index (κ3) is 2.24. The van der Waals surface area contributed by atoms with Crippen molar-refractivity contribution in [2.24, 2.45) is 5.73 Å². The number of ether oxygens (including phenoxy) is 1. The Labute approximate surface area is 101 Å². The molecule has 2 rings (SSSR count). The first kappa shape index (κ1) is 12.3. The molecule has 96 valence electrons. The number of rotatable bonds is 2. The van der Waals surface area contributed by atoms with E-state index in [9.17, 15) is 9.59 Å². The third-order valence-corrected chi connectivity index (χ3v) is 2.50. The van der Waals surface area contributed by atoms with Crippen LogP contribution in [0.2, 0.25) is 0 Å². The van der Waals surface area contributed by atoms with E-state index in [0.717, 1.165) is 4.57 Å². The lowest BCUT2D eigenvalue weighted by molar-refractivity contribution is -0.157. The van der Waals surface area contributed by atoms with Crippen LogP contribution < -0.4 is 17.2 Å². The van der Waals surface area contributed by atoms with E-state index in [1.807, 2.05) is 0 Å². The molecule has 0 radical (unpaired) electrons. The molecule has 0 aromatic carbocycles. The molecule has 3 unspecified atom stereocenters. The van der Waals surface area contributed by atoms with E-state index in [0.29, 0.717) is 0 Å². The number of aliphatic carboxylic acids is 1. The molecular weight excluding hydrogens is 240 g/mol. The van der Waals surface area contributed by atoms with Crippen molar-refractivity contribution in [2.45, 2.75) is 18.4 Å². The number of nitrogens with zero attached hydrogens (tertiary/aromatic N) is 2. The SMILES string of the molecule is Nc1ccn(C2C=CC(N)C(C(=O)O)O2)c(=O)n1. The van der Waals surface area contributed by atoms with Crippen LogP contribution in [0.3, 0.4) is 0 Å². The average molecular weight is 252 g/mol. The Bertz CT molecular complexity index is 553. The number of hydrogen-bond donors (Lipinski definition) is 3. The summed E-state index contributed by atoms with van der Waals surface area (Å²) in [4.78, 5) is 26.0. The Hall–Kier alpha value is -2.19. The fourth-order valence-corrected chi connectivity index (χ4v) is 1.61. The van der Waals surface area contributed by atoms with Crippen molar-refractivity contribution >= 4 is 11.8 Å². The van der Waals surface area contributed by atoms with E-state index in [1.165, 1.54) is 24.4 Å². The van der Waals surface area contributed by atoms with Gasteiger partial charge in [-0.3, -0.25) is 4.57 Å². The van der Waals surface area contributed by atoms with Gasteiger partial charge >= 0.3 is 11.7 Å². The second kappa shape index (κ2) is 4.59. The molecule has 0 aliphatic carbocycles. The maximum absolute atomic E-state index is 11.6. The van der Waals surface area contributed by atoms with Gasteiger partial charge in [0.2, 0.25) is 0 Å². The van der Waals surface area contributed by atoms with Crippen molar-refractivity contribution in [1.29, 1.82) is 0 Å². The van der Waals surface area contributed by atoms with Crippen molar-refractivity contribution in [2.75, 3.05) is 5.73 Å². The molecule has 2 heterocycles. The van der Waals surface area contributed by atoms with Crippen molar-refractivity contribution < 1.29 is 14.6 Å². The minimum atomic E-state index is -1.20. The van der Waals surface area contributed by atoms with Gasteiger partial charge in [-0.25, -0.2) is 9.59 Å². The molecule has 0 amide bonds. The van der Waals surface area contributed by atoms with Gasteiger partial charge in [-0.05, 0) is 12.1 Å². The predicted octanol–water partition coefficient (Wildman–Crippen LogP) is -1.31. The highest BCUT2D eigenvalue weighted by molar-refractivity contribution is 5.74. The highest BCUT2D eigenvalue weighted by atomic mass is 16.5. The minimum absolute atomic E-state index is 0.0857. The average Bonchev–Trinajstić information content (AvgIpc) is 2.30. The maximum atomic E-state index is 11.6. The summed E-state index contributed by atoms with van der Waals surface area (Å²) in [5, 5.41) is 8.92. The molecule has 5 N–H and O–H groups in total. The first-order valence-electron chi connectivity index (χ1n) is 5.16. The van der Waals surface area contributed by atoms with Gasteiger partial charge in [0.25, 0.3) is 0 Å². The van der Waals surface area contributed by atoms with Crippen LogP contribution in [0, 0.1) is 0 Å². The first-order valence-corrected chi connectivity index (χ1v) is 5.16. The van der Waals surface area contributed by atoms with E-state index >= 15 is 0 Å². The summed E-state index contributed by atoms with van der Waals surface area (Å²) in [7, 11) is 0. The van der Waals surface area contributed by atoms with Crippen LogP contribution in [0.4, 0.5) is 5.82 Å². The fraction of sp³-hybridized carbons (Fsp3) is 0.300. The predicted molar refractivity (Wildman–Crippen MR) is 61.6 cm³/mol. The lowest BCUT2D eigenvalue weighted by Gasteiger charge is -2.28. The molecule has 3 atom stereocenters. The zero-order chi connectivity index (χ0) is 13.3. The van der Waals surface area contributed by atoms with E-state index in [-0.39, 0.29) is 5.82 Å². The minimum Gasteiger partial charge on any atom is -0.479 e. The first-order chi connectivity index (χ1) is 8.49. The van der Waals surface area contributed by atoms with Crippen LogP contribution in [0.1, 0.15) is 6.23 Å². The number of carboxylic acids is 1. The highest BCUT2D eigenvalue weighted by Crippen LogP contribution is 2.19. The molecule has 0 bridgehead atoms. The van der Waals surface area contributed by atoms with Gasteiger partial charge in [-0.2, -0.15) is 4.98 Å². The Morgan fingerprint density at radius 1 is 1.50 bits per heavy atom. The number of aromatic nitrogens is 2. The van der Waals surface area contributed by atoms with Crippen LogP contribution in [0.25, 0.3) is 0 Å². The molecule has 0 fully saturated rings. The Morgan fingerprint density at radius 3 is 2.83 bits per heavy atom. The number of hydrogen-bond acceptors (Lipinski definition) is 6. The van der Waals surface area contributed by atoms with Crippen LogP contribution in [0.5, 0.6) is 0 Å². The number of carbonyl (C=O) groups is 1. The lowest BCUT2D eigenvalue weighted by Crippen LogP contribution is -2.46. The maximum Gasteiger partial charge on any atom is 0.351 e. The molecule has 0 spiro atoms. The normalized spacial score (nSPS) is 27.1. The number of anilines is 1. The van der Waals surface area contributed by atoms with Crippen LogP contribution >= 0.6 is 0 Å². The van der Waals surface area contributed by atoms with Crippen LogP contribution in [-0.2, 0) is 9.53 Å². The molecule has 1 aromatic heterocycles. The number of nitrogens with two attached hydrogens (primary N) is 2.